The van der Waals surface area contributed by atoms with Gasteiger partial charge in [0.05, 0.1) is 12.9 Å². The maximum absolute atomic E-state index is 11.6. The first-order valence-corrected chi connectivity index (χ1v) is 7.24. The molecule has 3 heterocycles. The molecule has 2 aromatic heterocycles. The van der Waals surface area contributed by atoms with Crippen molar-refractivity contribution < 1.29 is 4.79 Å². The zero-order valence-electron chi connectivity index (χ0n) is 12.4. The second-order valence-electron chi connectivity index (χ2n) is 5.57. The molecule has 0 unspecified atom stereocenters. The van der Waals surface area contributed by atoms with E-state index in [1.165, 1.54) is 0 Å². The Morgan fingerprint density at radius 1 is 1.43 bits per heavy atom. The van der Waals surface area contributed by atoms with Gasteiger partial charge in [-0.1, -0.05) is 0 Å². The minimum absolute atomic E-state index is 0.139. The van der Waals surface area contributed by atoms with Crippen LogP contribution >= 0.6 is 0 Å². The summed E-state index contributed by atoms with van der Waals surface area (Å²) < 4.78 is 4.02. The zero-order chi connectivity index (χ0) is 14.8. The van der Waals surface area contributed by atoms with Crippen molar-refractivity contribution in [2.45, 2.75) is 32.2 Å². The molecule has 0 N–H and O–H groups in total. The number of imidazole rings is 1. The third kappa shape index (κ3) is 2.81. The molecule has 112 valence electrons. The molecule has 1 aliphatic heterocycles. The molecule has 21 heavy (non-hydrogen) atoms. The molecule has 0 aliphatic carbocycles. The van der Waals surface area contributed by atoms with E-state index in [9.17, 15) is 4.79 Å². The molecular formula is C14H20N6O. The minimum atomic E-state index is 0.139. The Kier molecular flexibility index (Phi) is 3.72. The Morgan fingerprint density at radius 3 is 3.00 bits per heavy atom. The zero-order valence-corrected chi connectivity index (χ0v) is 12.4. The number of hydrogen-bond acceptors (Lipinski definition) is 4. The molecule has 1 saturated heterocycles. The SMILES string of the molecule is CC(=O)N1CCC[C@@H](c2nnc(Cn3ccnc3)n2C)C1. The van der Waals surface area contributed by atoms with E-state index in [1.807, 2.05) is 27.3 Å². The van der Waals surface area contributed by atoms with Crippen LogP contribution in [0.2, 0.25) is 0 Å². The van der Waals surface area contributed by atoms with E-state index in [1.54, 1.807) is 19.4 Å². The summed E-state index contributed by atoms with van der Waals surface area (Å²) in [6.07, 6.45) is 7.51. The van der Waals surface area contributed by atoms with Crippen molar-refractivity contribution in [1.82, 2.24) is 29.2 Å². The summed E-state index contributed by atoms with van der Waals surface area (Å²) in [5.41, 5.74) is 0. The Bertz CT molecular complexity index is 617. The summed E-state index contributed by atoms with van der Waals surface area (Å²) in [6, 6.07) is 0. The summed E-state index contributed by atoms with van der Waals surface area (Å²) in [5.74, 6) is 2.29. The Morgan fingerprint density at radius 2 is 2.29 bits per heavy atom. The van der Waals surface area contributed by atoms with Crippen LogP contribution in [-0.4, -0.2) is 48.2 Å². The van der Waals surface area contributed by atoms with Gasteiger partial charge in [-0.15, -0.1) is 10.2 Å². The van der Waals surface area contributed by atoms with Crippen molar-refractivity contribution in [3.63, 3.8) is 0 Å². The van der Waals surface area contributed by atoms with Gasteiger partial charge in [0.2, 0.25) is 5.91 Å². The average Bonchev–Trinajstić information content (AvgIpc) is 3.11. The highest BCUT2D eigenvalue weighted by Crippen LogP contribution is 2.25. The first-order valence-electron chi connectivity index (χ1n) is 7.24. The number of likely N-dealkylation sites (tertiary alicyclic amines) is 1. The first kappa shape index (κ1) is 13.8. The van der Waals surface area contributed by atoms with Gasteiger partial charge in [0, 0.05) is 45.4 Å². The Hall–Kier alpha value is -2.18. The van der Waals surface area contributed by atoms with Crippen LogP contribution in [0.15, 0.2) is 18.7 Å². The molecule has 0 aromatic carbocycles. The highest BCUT2D eigenvalue weighted by molar-refractivity contribution is 5.73. The van der Waals surface area contributed by atoms with E-state index in [0.29, 0.717) is 6.54 Å². The number of rotatable bonds is 3. The monoisotopic (exact) mass is 288 g/mol. The lowest BCUT2D eigenvalue weighted by atomic mass is 9.97. The number of amides is 1. The number of piperidine rings is 1. The first-order chi connectivity index (χ1) is 10.1. The third-order valence-corrected chi connectivity index (χ3v) is 4.11. The van der Waals surface area contributed by atoms with Crippen LogP contribution in [0.1, 0.15) is 37.3 Å². The van der Waals surface area contributed by atoms with Gasteiger partial charge in [-0.25, -0.2) is 4.98 Å². The van der Waals surface area contributed by atoms with Crippen LogP contribution < -0.4 is 0 Å². The fourth-order valence-corrected chi connectivity index (χ4v) is 2.89. The molecule has 0 saturated carbocycles. The van der Waals surface area contributed by atoms with Crippen molar-refractivity contribution >= 4 is 5.91 Å². The summed E-state index contributed by atoms with van der Waals surface area (Å²) in [7, 11) is 1.99. The van der Waals surface area contributed by atoms with Gasteiger partial charge < -0.3 is 14.0 Å². The molecule has 0 spiro atoms. The van der Waals surface area contributed by atoms with Crippen LogP contribution in [-0.2, 0) is 18.4 Å². The molecule has 1 aliphatic rings. The fraction of sp³-hybridized carbons (Fsp3) is 0.571. The number of carbonyl (C=O) groups excluding carboxylic acids is 1. The lowest BCUT2D eigenvalue weighted by molar-refractivity contribution is -0.130. The summed E-state index contributed by atoms with van der Waals surface area (Å²) >= 11 is 0. The highest BCUT2D eigenvalue weighted by atomic mass is 16.2. The molecular weight excluding hydrogens is 268 g/mol. The number of aromatic nitrogens is 5. The minimum Gasteiger partial charge on any atom is -0.342 e. The fourth-order valence-electron chi connectivity index (χ4n) is 2.89. The van der Waals surface area contributed by atoms with Gasteiger partial charge in [0.15, 0.2) is 5.82 Å². The average molecular weight is 288 g/mol. The standard InChI is InChI=1S/C14H20N6O/c1-11(21)20-6-3-4-12(8-20)14-17-16-13(18(14)2)9-19-7-5-15-10-19/h5,7,10,12H,3-4,6,8-9H2,1-2H3/t12-/m1/s1. The van der Waals surface area contributed by atoms with E-state index in [-0.39, 0.29) is 11.8 Å². The summed E-state index contributed by atoms with van der Waals surface area (Å²) in [5, 5.41) is 8.65. The van der Waals surface area contributed by atoms with Crippen molar-refractivity contribution in [1.29, 1.82) is 0 Å². The van der Waals surface area contributed by atoms with Crippen molar-refractivity contribution in [2.75, 3.05) is 13.1 Å². The van der Waals surface area contributed by atoms with Gasteiger partial charge >= 0.3 is 0 Å². The van der Waals surface area contributed by atoms with Crippen LogP contribution in [0.25, 0.3) is 0 Å². The van der Waals surface area contributed by atoms with E-state index in [2.05, 4.69) is 15.2 Å². The lowest BCUT2D eigenvalue weighted by Crippen LogP contribution is -2.38. The van der Waals surface area contributed by atoms with Crippen molar-refractivity contribution in [3.8, 4) is 0 Å². The van der Waals surface area contributed by atoms with Gasteiger partial charge in [-0.05, 0) is 12.8 Å². The summed E-state index contributed by atoms with van der Waals surface area (Å²) in [4.78, 5) is 17.5. The molecule has 2 aromatic rings. The summed E-state index contributed by atoms with van der Waals surface area (Å²) in [6.45, 7) is 3.88. The Labute approximate surface area is 123 Å². The smallest absolute Gasteiger partial charge is 0.219 e. The van der Waals surface area contributed by atoms with E-state index >= 15 is 0 Å². The molecule has 1 fully saturated rings. The van der Waals surface area contributed by atoms with Gasteiger partial charge in [0.1, 0.15) is 5.82 Å². The molecule has 7 nitrogen and oxygen atoms in total. The molecule has 1 atom stereocenters. The van der Waals surface area contributed by atoms with Crippen LogP contribution in [0.5, 0.6) is 0 Å². The molecule has 1 amide bonds. The van der Waals surface area contributed by atoms with Crippen LogP contribution in [0.3, 0.4) is 0 Å². The molecule has 0 radical (unpaired) electrons. The van der Waals surface area contributed by atoms with Gasteiger partial charge in [-0.3, -0.25) is 4.79 Å². The van der Waals surface area contributed by atoms with Crippen molar-refractivity contribution in [2.24, 2.45) is 7.05 Å². The predicted molar refractivity (Wildman–Crippen MR) is 76.6 cm³/mol. The topological polar surface area (TPSA) is 68.8 Å². The van der Waals surface area contributed by atoms with E-state index in [0.717, 1.165) is 37.6 Å². The molecule has 0 bridgehead atoms. The third-order valence-electron chi connectivity index (χ3n) is 4.11. The quantitative estimate of drug-likeness (QED) is 0.837. The van der Waals surface area contributed by atoms with Gasteiger partial charge in [-0.2, -0.15) is 0 Å². The van der Waals surface area contributed by atoms with E-state index < -0.39 is 0 Å². The van der Waals surface area contributed by atoms with Crippen LogP contribution in [0.4, 0.5) is 0 Å². The molecule has 3 rings (SSSR count). The normalized spacial score (nSPS) is 19.0. The maximum atomic E-state index is 11.6. The largest absolute Gasteiger partial charge is 0.342 e. The second kappa shape index (κ2) is 5.67. The number of hydrogen-bond donors (Lipinski definition) is 0. The molecule has 7 heteroatoms. The van der Waals surface area contributed by atoms with Crippen LogP contribution in [0, 0.1) is 0 Å². The maximum Gasteiger partial charge on any atom is 0.219 e. The second-order valence-corrected chi connectivity index (χ2v) is 5.57. The van der Waals surface area contributed by atoms with Gasteiger partial charge in [0.25, 0.3) is 0 Å². The van der Waals surface area contributed by atoms with E-state index in [4.69, 9.17) is 0 Å². The highest BCUT2D eigenvalue weighted by Gasteiger charge is 2.26. The number of nitrogens with zero attached hydrogens (tertiary/aromatic N) is 6. The van der Waals surface area contributed by atoms with Crippen molar-refractivity contribution in [3.05, 3.63) is 30.4 Å². The predicted octanol–water partition coefficient (Wildman–Crippen LogP) is 0.786. The lowest BCUT2D eigenvalue weighted by Gasteiger charge is -2.31. The number of carbonyl (C=O) groups is 1. The Balaban J connectivity index is 1.77.